The van der Waals surface area contributed by atoms with Crippen LogP contribution in [0.3, 0.4) is 0 Å². The Morgan fingerprint density at radius 3 is 2.76 bits per heavy atom. The van der Waals surface area contributed by atoms with E-state index in [0.717, 1.165) is 5.56 Å². The van der Waals surface area contributed by atoms with Gasteiger partial charge in [0.15, 0.2) is 5.28 Å². The minimum absolute atomic E-state index is 0.258. The first-order chi connectivity index (χ1) is 8.13. The van der Waals surface area contributed by atoms with Crippen molar-refractivity contribution in [2.75, 3.05) is 0 Å². The Kier molecular flexibility index (Phi) is 3.26. The first kappa shape index (κ1) is 11.8. The topological polar surface area (TPSA) is 80.2 Å². The summed E-state index contributed by atoms with van der Waals surface area (Å²) in [6.07, 6.45) is -1.51. The molecule has 0 amide bonds. The summed E-state index contributed by atoms with van der Waals surface area (Å²) in [5.74, 6) is 0. The molecule has 1 aromatic rings. The van der Waals surface area contributed by atoms with E-state index in [9.17, 15) is 5.11 Å². The molecule has 1 aliphatic heterocycles. The molecule has 0 saturated heterocycles. The molecule has 1 aliphatic rings. The van der Waals surface area contributed by atoms with Gasteiger partial charge in [-0.25, -0.2) is 0 Å². The number of halogens is 1. The van der Waals surface area contributed by atoms with E-state index in [2.05, 4.69) is 15.3 Å². The lowest BCUT2D eigenvalue weighted by molar-refractivity contribution is -0.557. The molecule has 7 heteroatoms. The highest BCUT2D eigenvalue weighted by molar-refractivity contribution is 6.66. The van der Waals surface area contributed by atoms with Crippen molar-refractivity contribution in [3.05, 3.63) is 29.8 Å². The molecular weight excluding hydrogens is 246 g/mol. The Balaban J connectivity index is 2.35. The minimum Gasteiger partial charge on any atom is -0.814 e. The summed E-state index contributed by atoms with van der Waals surface area (Å²) in [7, 11) is 0. The largest absolute Gasteiger partial charge is 0.814 e. The number of benzene rings is 1. The van der Waals surface area contributed by atoms with Crippen molar-refractivity contribution in [2.45, 2.75) is 19.3 Å². The molecule has 0 spiro atoms. The molecule has 0 bridgehead atoms. The first-order valence-corrected chi connectivity index (χ1v) is 5.27. The van der Waals surface area contributed by atoms with E-state index in [0.29, 0.717) is 5.69 Å². The fourth-order valence-corrected chi connectivity index (χ4v) is 1.69. The second kappa shape index (κ2) is 4.68. The number of oxime groups is 1. The molecule has 90 valence electrons. The molecule has 2 unspecified atom stereocenters. The quantitative estimate of drug-likeness (QED) is 0.372. The Hall–Kier alpha value is -1.66. The summed E-state index contributed by atoms with van der Waals surface area (Å²) in [6.45, 7) is 1.94. The summed E-state index contributed by atoms with van der Waals surface area (Å²) in [5.41, 5.74) is 1.71. The number of hydrogen-bond donors (Lipinski definition) is 1. The third-order valence-electron chi connectivity index (χ3n) is 2.40. The summed E-state index contributed by atoms with van der Waals surface area (Å²) in [5, 5.41) is 26.3. The maximum atomic E-state index is 11.5. The minimum atomic E-state index is -1.51. The van der Waals surface area contributed by atoms with Gasteiger partial charge in [-0.15, -0.1) is 0 Å². The van der Waals surface area contributed by atoms with E-state index in [-0.39, 0.29) is 5.17 Å². The third-order valence-corrected chi connectivity index (χ3v) is 2.70. The average Bonchev–Trinajstić information content (AvgIpc) is 2.71. The average molecular weight is 256 g/mol. The van der Waals surface area contributed by atoms with Gasteiger partial charge in [-0.05, 0) is 11.6 Å². The Morgan fingerprint density at radius 2 is 2.18 bits per heavy atom. The van der Waals surface area contributed by atoms with Crippen LogP contribution in [0.25, 0.3) is 0 Å². The molecule has 2 rings (SSSR count). The van der Waals surface area contributed by atoms with Crippen LogP contribution in [0.2, 0.25) is 0 Å². The zero-order valence-electron chi connectivity index (χ0n) is 8.95. The molecule has 1 N–H and O–H groups in total. The van der Waals surface area contributed by atoms with Crippen LogP contribution in [0.1, 0.15) is 5.56 Å². The van der Waals surface area contributed by atoms with Gasteiger partial charge in [0.05, 0.1) is 0 Å². The lowest BCUT2D eigenvalue weighted by Gasteiger charge is -2.13. The molecule has 0 radical (unpaired) electrons. The van der Waals surface area contributed by atoms with Gasteiger partial charge in [-0.2, -0.15) is 0 Å². The predicted molar refractivity (Wildman–Crippen MR) is 57.3 cm³/mol. The van der Waals surface area contributed by atoms with Crippen molar-refractivity contribution in [3.63, 3.8) is 0 Å². The van der Waals surface area contributed by atoms with Crippen molar-refractivity contribution in [3.8, 4) is 0 Å². The van der Waals surface area contributed by atoms with Gasteiger partial charge in [0.2, 0.25) is 10.9 Å². The Morgan fingerprint density at radius 1 is 1.53 bits per heavy atom. The first-order valence-electron chi connectivity index (χ1n) is 4.89. The van der Waals surface area contributed by atoms with Crippen molar-refractivity contribution in [2.24, 2.45) is 10.4 Å². The van der Waals surface area contributed by atoms with E-state index < -0.39 is 12.3 Å². The molecule has 6 nitrogen and oxygen atoms in total. The van der Waals surface area contributed by atoms with Crippen LogP contribution in [0.5, 0.6) is 0 Å². The highest BCUT2D eigenvalue weighted by Gasteiger charge is 2.40. The Bertz CT molecular complexity index is 472. The van der Waals surface area contributed by atoms with Gasteiger partial charge in [-0.3, -0.25) is 0 Å². The summed E-state index contributed by atoms with van der Waals surface area (Å²) < 4.78 is 1.29. The third kappa shape index (κ3) is 2.22. The molecule has 1 aromatic carbocycles. The molecule has 0 saturated carbocycles. The SMILES string of the molecule is Cc1ccc([N+]2=NOC([O-])C2/C(Cl)=N/O)cc1. The highest BCUT2D eigenvalue weighted by Crippen LogP contribution is 2.23. The van der Waals surface area contributed by atoms with E-state index >= 15 is 0 Å². The van der Waals surface area contributed by atoms with Crippen molar-refractivity contribution >= 4 is 22.5 Å². The van der Waals surface area contributed by atoms with Gasteiger partial charge in [0, 0.05) is 12.1 Å². The van der Waals surface area contributed by atoms with Crippen molar-refractivity contribution in [1.29, 1.82) is 0 Å². The maximum Gasteiger partial charge on any atom is 0.268 e. The van der Waals surface area contributed by atoms with Gasteiger partial charge >= 0.3 is 0 Å². The number of aryl methyl sites for hydroxylation is 1. The van der Waals surface area contributed by atoms with Crippen LogP contribution in [0, 0.1) is 6.92 Å². The van der Waals surface area contributed by atoms with Crippen LogP contribution in [0.4, 0.5) is 5.69 Å². The lowest BCUT2D eigenvalue weighted by Crippen LogP contribution is -2.43. The summed E-state index contributed by atoms with van der Waals surface area (Å²) in [4.78, 5) is 4.60. The highest BCUT2D eigenvalue weighted by atomic mass is 35.5. The molecule has 0 aliphatic carbocycles. The van der Waals surface area contributed by atoms with E-state index in [1.54, 1.807) is 12.1 Å². The molecule has 0 aromatic heterocycles. The molecule has 0 fully saturated rings. The van der Waals surface area contributed by atoms with Gasteiger partial charge in [0.25, 0.3) is 6.04 Å². The molecule has 17 heavy (non-hydrogen) atoms. The molecule has 1 heterocycles. The van der Waals surface area contributed by atoms with Gasteiger partial charge in [0.1, 0.15) is 6.29 Å². The smallest absolute Gasteiger partial charge is 0.268 e. The van der Waals surface area contributed by atoms with Crippen LogP contribution in [0.15, 0.2) is 34.7 Å². The zero-order chi connectivity index (χ0) is 12.4. The molecular formula is C10H10ClN3O3. The Labute approximate surface area is 102 Å². The monoisotopic (exact) mass is 255 g/mol. The second-order valence-corrected chi connectivity index (χ2v) is 3.99. The second-order valence-electron chi connectivity index (χ2n) is 3.60. The number of nitrogens with zero attached hydrogens (tertiary/aromatic N) is 3. The van der Waals surface area contributed by atoms with E-state index in [1.165, 1.54) is 4.70 Å². The van der Waals surface area contributed by atoms with Crippen LogP contribution in [-0.2, 0) is 4.84 Å². The van der Waals surface area contributed by atoms with Gasteiger partial charge < -0.3 is 15.2 Å². The zero-order valence-corrected chi connectivity index (χ0v) is 9.70. The lowest BCUT2D eigenvalue weighted by atomic mass is 10.2. The van der Waals surface area contributed by atoms with Crippen molar-refractivity contribution in [1.82, 2.24) is 0 Å². The van der Waals surface area contributed by atoms with Crippen molar-refractivity contribution < 1.29 is 19.8 Å². The number of hydrogen-bond acceptors (Lipinski definition) is 5. The van der Waals surface area contributed by atoms with Crippen LogP contribution in [-0.4, -0.2) is 27.4 Å². The standard InChI is InChI=1S/C10H10ClN3O3/c1-6-2-4-7(5-3-6)14-8(9(11)12-16)10(15)17-13-14/h2-5,8,10,16H,1H3/b12-9-. The molecule has 2 atom stereocenters. The summed E-state index contributed by atoms with van der Waals surface area (Å²) >= 11 is 5.66. The summed E-state index contributed by atoms with van der Waals surface area (Å²) in [6, 6.07) is 6.32. The fraction of sp³-hybridized carbons (Fsp3) is 0.300. The normalized spacial score (nSPS) is 24.4. The van der Waals surface area contributed by atoms with Crippen LogP contribution >= 0.6 is 11.6 Å². The maximum absolute atomic E-state index is 11.5. The fourth-order valence-electron chi connectivity index (χ4n) is 1.50. The van der Waals surface area contributed by atoms with Gasteiger partial charge in [-0.1, -0.05) is 34.5 Å². The number of rotatable bonds is 2. The van der Waals surface area contributed by atoms with Crippen LogP contribution < -0.4 is 5.11 Å². The van der Waals surface area contributed by atoms with E-state index in [4.69, 9.17) is 16.8 Å². The predicted octanol–water partition coefficient (Wildman–Crippen LogP) is 1.12. The van der Waals surface area contributed by atoms with E-state index in [1.807, 2.05) is 19.1 Å².